The number of hydrogen-bond donors (Lipinski definition) is 1. The van der Waals surface area contributed by atoms with Gasteiger partial charge in [0.1, 0.15) is 5.82 Å². The normalized spacial score (nSPS) is 20.2. The van der Waals surface area contributed by atoms with Crippen molar-refractivity contribution in [3.05, 3.63) is 76.8 Å². The van der Waals surface area contributed by atoms with Crippen molar-refractivity contribution < 1.29 is 30.8 Å². The number of rotatable bonds is 7. The number of hydrogen-bond acceptors (Lipinski definition) is 4. The number of alkyl halides is 3. The van der Waals surface area contributed by atoms with Crippen LogP contribution in [0.25, 0.3) is 5.69 Å². The Hall–Kier alpha value is -2.92. The van der Waals surface area contributed by atoms with Gasteiger partial charge in [-0.25, -0.2) is 17.5 Å². The number of carbonyl (C=O) groups excluding carboxylic acids is 1. The summed E-state index contributed by atoms with van der Waals surface area (Å²) >= 11 is 6.24. The van der Waals surface area contributed by atoms with Crippen molar-refractivity contribution in [3.8, 4) is 5.69 Å². The fraction of sp³-hybridized carbons (Fsp3) is 0.385. The van der Waals surface area contributed by atoms with Crippen LogP contribution < -0.4 is 5.32 Å². The van der Waals surface area contributed by atoms with Crippen molar-refractivity contribution >= 4 is 27.3 Å². The van der Waals surface area contributed by atoms with E-state index >= 15 is 0 Å². The van der Waals surface area contributed by atoms with Gasteiger partial charge in [0.25, 0.3) is 0 Å². The summed E-state index contributed by atoms with van der Waals surface area (Å²) in [6, 6.07) is 8.95. The van der Waals surface area contributed by atoms with Crippen LogP contribution in [0.15, 0.2) is 59.6 Å². The van der Waals surface area contributed by atoms with Crippen molar-refractivity contribution in [2.24, 2.45) is 11.3 Å². The molecule has 204 valence electrons. The van der Waals surface area contributed by atoms with Gasteiger partial charge in [0.15, 0.2) is 15.0 Å². The van der Waals surface area contributed by atoms with Gasteiger partial charge in [0.2, 0.25) is 5.91 Å². The smallest absolute Gasteiger partial charge is 0.351 e. The Morgan fingerprint density at radius 2 is 1.79 bits per heavy atom. The number of halogens is 5. The fourth-order valence-corrected chi connectivity index (χ4v) is 7.75. The average Bonchev–Trinajstić information content (AvgIpc) is 3.48. The second-order valence-corrected chi connectivity index (χ2v) is 12.2. The van der Waals surface area contributed by atoms with Crippen molar-refractivity contribution in [3.63, 3.8) is 0 Å². The van der Waals surface area contributed by atoms with Gasteiger partial charge in [0.05, 0.1) is 26.8 Å². The maximum atomic E-state index is 13.6. The Kier molecular flexibility index (Phi) is 7.64. The monoisotopic (exact) mass is 571 g/mol. The lowest BCUT2D eigenvalue weighted by molar-refractivity contribution is -0.137. The van der Waals surface area contributed by atoms with Crippen LogP contribution in [0.3, 0.4) is 0 Å². The second kappa shape index (κ2) is 10.3. The van der Waals surface area contributed by atoms with Crippen molar-refractivity contribution in [1.29, 1.82) is 0 Å². The lowest BCUT2D eigenvalue weighted by Crippen LogP contribution is -2.51. The Morgan fingerprint density at radius 3 is 2.37 bits per heavy atom. The van der Waals surface area contributed by atoms with E-state index in [0.29, 0.717) is 24.1 Å². The Balaban J connectivity index is 1.56. The molecule has 12 heteroatoms. The standard InChI is InChI=1S/C26H26ClF4N3O3S/c1-16(2)25(13-3-4-22(25)38(36,37)21-11-7-19(28)8-12-21)24(35)32-14-17-15-34(33-23(17)27)20-9-5-18(6-10-20)26(29,30)31/h5-12,15-16,22H,3-4,13-14H2,1-2H3,(H,32,35). The number of sulfone groups is 1. The van der Waals surface area contributed by atoms with Crippen LogP contribution in [0.2, 0.25) is 5.15 Å². The van der Waals surface area contributed by atoms with Gasteiger partial charge in [-0.2, -0.15) is 18.3 Å². The molecule has 1 heterocycles. The average molecular weight is 572 g/mol. The van der Waals surface area contributed by atoms with Crippen molar-refractivity contribution in [1.82, 2.24) is 15.1 Å². The van der Waals surface area contributed by atoms with Crippen LogP contribution in [0.1, 0.15) is 44.2 Å². The number of nitrogens with one attached hydrogen (secondary N) is 1. The second-order valence-electron chi connectivity index (χ2n) is 9.69. The molecule has 0 bridgehead atoms. The first-order valence-electron chi connectivity index (χ1n) is 12.0. The molecule has 2 unspecified atom stereocenters. The van der Waals surface area contributed by atoms with Gasteiger partial charge < -0.3 is 5.32 Å². The summed E-state index contributed by atoms with van der Waals surface area (Å²) in [5, 5.41) is 5.99. The molecule has 3 aromatic rings. The third kappa shape index (κ3) is 5.18. The highest BCUT2D eigenvalue weighted by atomic mass is 35.5. The number of carbonyl (C=O) groups is 1. The molecule has 1 saturated carbocycles. The predicted molar refractivity (Wildman–Crippen MR) is 134 cm³/mol. The molecule has 2 atom stereocenters. The fourth-order valence-electron chi connectivity index (χ4n) is 5.18. The maximum absolute atomic E-state index is 13.6. The summed E-state index contributed by atoms with van der Waals surface area (Å²) in [5.74, 6) is -1.33. The number of amides is 1. The number of benzene rings is 2. The third-order valence-electron chi connectivity index (χ3n) is 7.24. The highest BCUT2D eigenvalue weighted by molar-refractivity contribution is 7.92. The van der Waals surface area contributed by atoms with E-state index in [4.69, 9.17) is 11.6 Å². The van der Waals surface area contributed by atoms with Gasteiger partial charge in [0, 0.05) is 18.3 Å². The largest absolute Gasteiger partial charge is 0.416 e. The summed E-state index contributed by atoms with van der Waals surface area (Å²) in [7, 11) is -3.94. The Bertz CT molecular complexity index is 1420. The first-order valence-corrected chi connectivity index (χ1v) is 13.9. The van der Waals surface area contributed by atoms with E-state index in [1.54, 1.807) is 13.8 Å². The molecule has 1 N–H and O–H groups in total. The third-order valence-corrected chi connectivity index (χ3v) is 9.89. The van der Waals surface area contributed by atoms with E-state index in [9.17, 15) is 30.8 Å². The lowest BCUT2D eigenvalue weighted by Gasteiger charge is -2.37. The number of aromatic nitrogens is 2. The van der Waals surface area contributed by atoms with Crippen molar-refractivity contribution in [2.75, 3.05) is 0 Å². The van der Waals surface area contributed by atoms with Gasteiger partial charge in [-0.1, -0.05) is 31.9 Å². The molecule has 6 nitrogen and oxygen atoms in total. The number of nitrogens with zero attached hydrogens (tertiary/aromatic N) is 2. The van der Waals surface area contributed by atoms with Crippen LogP contribution in [0.4, 0.5) is 17.6 Å². The molecule has 1 fully saturated rings. The summed E-state index contributed by atoms with van der Waals surface area (Å²) in [4.78, 5) is 13.6. The van der Waals surface area contributed by atoms with Crippen LogP contribution in [-0.2, 0) is 27.4 Å². The first kappa shape index (κ1) is 28.1. The molecule has 4 rings (SSSR count). The zero-order valence-electron chi connectivity index (χ0n) is 20.6. The molecule has 0 aliphatic heterocycles. The zero-order chi connectivity index (χ0) is 27.9. The molecular weight excluding hydrogens is 546 g/mol. The first-order chi connectivity index (χ1) is 17.8. The highest BCUT2D eigenvalue weighted by Gasteiger charge is 2.56. The summed E-state index contributed by atoms with van der Waals surface area (Å²) in [6.45, 7) is 3.54. The van der Waals surface area contributed by atoms with Gasteiger partial charge in [-0.05, 0) is 67.3 Å². The molecule has 0 radical (unpaired) electrons. The minimum absolute atomic E-state index is 0.0375. The maximum Gasteiger partial charge on any atom is 0.416 e. The summed E-state index contributed by atoms with van der Waals surface area (Å²) < 4.78 is 80.4. The minimum atomic E-state index is -4.47. The highest BCUT2D eigenvalue weighted by Crippen LogP contribution is 2.49. The lowest BCUT2D eigenvalue weighted by atomic mass is 9.74. The molecular formula is C26H26ClF4N3O3S. The van der Waals surface area contributed by atoms with Gasteiger partial charge in [-0.15, -0.1) is 0 Å². The van der Waals surface area contributed by atoms with E-state index in [1.807, 2.05) is 0 Å². The minimum Gasteiger partial charge on any atom is -0.351 e. The topological polar surface area (TPSA) is 81.1 Å². The Labute approximate surface area is 222 Å². The van der Waals surface area contributed by atoms with E-state index in [-0.39, 0.29) is 28.9 Å². The zero-order valence-corrected chi connectivity index (χ0v) is 22.2. The molecule has 1 aliphatic carbocycles. The predicted octanol–water partition coefficient (Wildman–Crippen LogP) is 5.97. The molecule has 1 aliphatic rings. The Morgan fingerprint density at radius 1 is 1.16 bits per heavy atom. The molecule has 0 saturated heterocycles. The van der Waals surface area contributed by atoms with E-state index in [1.165, 1.54) is 35.1 Å². The van der Waals surface area contributed by atoms with E-state index < -0.39 is 44.0 Å². The summed E-state index contributed by atoms with van der Waals surface area (Å²) in [6.07, 6.45) is -1.79. The molecule has 2 aromatic carbocycles. The van der Waals surface area contributed by atoms with Crippen LogP contribution in [0, 0.1) is 17.2 Å². The van der Waals surface area contributed by atoms with Crippen LogP contribution >= 0.6 is 11.6 Å². The van der Waals surface area contributed by atoms with Crippen LogP contribution in [-0.4, -0.2) is 29.4 Å². The van der Waals surface area contributed by atoms with Crippen LogP contribution in [0.5, 0.6) is 0 Å². The van der Waals surface area contributed by atoms with E-state index in [2.05, 4.69) is 10.4 Å². The molecule has 38 heavy (non-hydrogen) atoms. The molecule has 1 amide bonds. The molecule has 0 spiro atoms. The SMILES string of the molecule is CC(C)C1(C(=O)NCc2cn(-c3ccc(C(F)(F)F)cc3)nc2Cl)CCCC1S(=O)(=O)c1ccc(F)cc1. The van der Waals surface area contributed by atoms with Crippen molar-refractivity contribution in [2.45, 2.75) is 56.0 Å². The molecule has 1 aromatic heterocycles. The van der Waals surface area contributed by atoms with Gasteiger partial charge >= 0.3 is 6.18 Å². The van der Waals surface area contributed by atoms with Gasteiger partial charge in [-0.3, -0.25) is 4.79 Å². The quantitative estimate of drug-likeness (QED) is 0.280. The van der Waals surface area contributed by atoms with E-state index in [0.717, 1.165) is 24.3 Å². The summed E-state index contributed by atoms with van der Waals surface area (Å²) in [5.41, 5.74) is -1.26.